The van der Waals surface area contributed by atoms with Crippen molar-refractivity contribution in [1.29, 1.82) is 0 Å². The molecule has 4 aliphatic rings. The maximum absolute atomic E-state index is 11.8. The molecule has 0 aromatic carbocycles. The molecule has 0 amide bonds. The van der Waals surface area contributed by atoms with E-state index in [1.54, 1.807) is 0 Å². The molecule has 24 heavy (non-hydrogen) atoms. The van der Waals surface area contributed by atoms with Crippen LogP contribution in [0.5, 0.6) is 0 Å². The third kappa shape index (κ3) is 2.27. The number of rotatable bonds is 1. The molecular formula is C20H26BrClO2. The topological polar surface area (TPSA) is 37.3 Å². The monoisotopic (exact) mass is 412 g/mol. The molecule has 4 rings (SSSR count). The molecule has 132 valence electrons. The number of alkyl halides is 1. The van der Waals surface area contributed by atoms with E-state index in [2.05, 4.69) is 28.9 Å². The average Bonchev–Trinajstić information content (AvgIpc) is 2.58. The van der Waals surface area contributed by atoms with Gasteiger partial charge in [0.1, 0.15) is 5.60 Å². The van der Waals surface area contributed by atoms with Crippen molar-refractivity contribution < 1.29 is 9.90 Å². The number of allylic oxidation sites excluding steroid dienone is 3. The van der Waals surface area contributed by atoms with Crippen molar-refractivity contribution in [3.8, 4) is 0 Å². The van der Waals surface area contributed by atoms with Gasteiger partial charge in [-0.2, -0.15) is 0 Å². The standard InChI is InChI=1S/C20H26BrClO2/c1-19-9-8-15-14-5-3-13(23)10-12(14)2-4-16(15)17(19)6-7-18(22)20(19,24)11-21/h7,10,14-17,24H,2-6,8-9,11H2,1H3/t14-,15+,16+,17-,19-,20-/m0/s1. The van der Waals surface area contributed by atoms with Gasteiger partial charge < -0.3 is 5.11 Å². The van der Waals surface area contributed by atoms with Gasteiger partial charge in [0.15, 0.2) is 5.78 Å². The van der Waals surface area contributed by atoms with Crippen molar-refractivity contribution in [2.24, 2.45) is 29.1 Å². The van der Waals surface area contributed by atoms with Crippen molar-refractivity contribution in [1.82, 2.24) is 0 Å². The van der Waals surface area contributed by atoms with Crippen LogP contribution in [0.3, 0.4) is 0 Å². The number of carbonyl (C=O) groups excluding carboxylic acids is 1. The van der Waals surface area contributed by atoms with Crippen LogP contribution in [0.25, 0.3) is 0 Å². The second kappa shape index (κ2) is 5.96. The van der Waals surface area contributed by atoms with Gasteiger partial charge in [0, 0.05) is 22.2 Å². The quantitative estimate of drug-likeness (QED) is 0.615. The van der Waals surface area contributed by atoms with Crippen LogP contribution >= 0.6 is 27.5 Å². The molecule has 6 atom stereocenters. The fourth-order valence-corrected chi connectivity index (χ4v) is 7.81. The highest BCUT2D eigenvalue weighted by atomic mass is 79.9. The number of ketones is 1. The van der Waals surface area contributed by atoms with Crippen molar-refractivity contribution >= 4 is 33.3 Å². The van der Waals surface area contributed by atoms with Crippen LogP contribution in [-0.4, -0.2) is 21.8 Å². The first-order chi connectivity index (χ1) is 11.4. The maximum Gasteiger partial charge on any atom is 0.155 e. The largest absolute Gasteiger partial charge is 0.383 e. The first-order valence-electron chi connectivity index (χ1n) is 9.28. The van der Waals surface area contributed by atoms with Crippen LogP contribution in [0.4, 0.5) is 0 Å². The summed E-state index contributed by atoms with van der Waals surface area (Å²) in [7, 11) is 0. The zero-order chi connectivity index (χ0) is 17.1. The van der Waals surface area contributed by atoms with E-state index in [0.717, 1.165) is 44.9 Å². The molecule has 0 aromatic rings. The minimum atomic E-state index is -0.943. The Hall–Kier alpha value is -0.120. The van der Waals surface area contributed by atoms with Gasteiger partial charge in [-0.3, -0.25) is 4.79 Å². The van der Waals surface area contributed by atoms with Crippen LogP contribution in [-0.2, 0) is 4.79 Å². The van der Waals surface area contributed by atoms with Crippen molar-refractivity contribution in [2.45, 2.75) is 57.5 Å². The van der Waals surface area contributed by atoms with Crippen LogP contribution in [0.15, 0.2) is 22.8 Å². The molecule has 2 nitrogen and oxygen atoms in total. The molecule has 0 aromatic heterocycles. The third-order valence-corrected chi connectivity index (χ3v) is 9.05. The lowest BCUT2D eigenvalue weighted by Gasteiger charge is -2.60. The van der Waals surface area contributed by atoms with Crippen molar-refractivity contribution in [2.75, 3.05) is 5.33 Å². The summed E-state index contributed by atoms with van der Waals surface area (Å²) in [5.74, 6) is 2.73. The molecule has 4 aliphatic carbocycles. The summed E-state index contributed by atoms with van der Waals surface area (Å²) in [6.45, 7) is 2.25. The summed E-state index contributed by atoms with van der Waals surface area (Å²) in [5, 5.41) is 12.5. The Morgan fingerprint density at radius 1 is 1.29 bits per heavy atom. The lowest BCUT2D eigenvalue weighted by Crippen LogP contribution is -2.60. The lowest BCUT2D eigenvalue weighted by molar-refractivity contribution is -0.130. The SMILES string of the molecule is C[C@]12CC[C@H]3[C@@H](CCC4=CC(=O)CC[C@@H]43)[C@@H]1CC=C(Cl)[C@@]2(O)CBr. The maximum atomic E-state index is 11.8. The first kappa shape index (κ1) is 17.3. The van der Waals surface area contributed by atoms with E-state index in [0.29, 0.717) is 39.8 Å². The Balaban J connectivity index is 1.68. The first-order valence-corrected chi connectivity index (χ1v) is 10.8. The zero-order valence-electron chi connectivity index (χ0n) is 14.2. The highest BCUT2D eigenvalue weighted by Crippen LogP contribution is 2.63. The zero-order valence-corrected chi connectivity index (χ0v) is 16.6. The van der Waals surface area contributed by atoms with Crippen LogP contribution < -0.4 is 0 Å². The van der Waals surface area contributed by atoms with Gasteiger partial charge >= 0.3 is 0 Å². The minimum absolute atomic E-state index is 0.158. The van der Waals surface area contributed by atoms with E-state index in [4.69, 9.17) is 11.6 Å². The molecule has 0 spiro atoms. The van der Waals surface area contributed by atoms with Crippen LogP contribution in [0.2, 0.25) is 0 Å². The minimum Gasteiger partial charge on any atom is -0.383 e. The van der Waals surface area contributed by atoms with Gasteiger partial charge in [0.25, 0.3) is 0 Å². The fourth-order valence-electron chi connectivity index (χ4n) is 6.34. The fraction of sp³-hybridized carbons (Fsp3) is 0.750. The molecular weight excluding hydrogens is 388 g/mol. The Morgan fingerprint density at radius 2 is 2.08 bits per heavy atom. The number of carbonyl (C=O) groups is 1. The highest BCUT2D eigenvalue weighted by molar-refractivity contribution is 9.09. The number of aliphatic hydroxyl groups is 1. The highest BCUT2D eigenvalue weighted by Gasteiger charge is 2.60. The molecule has 0 bridgehead atoms. The van der Waals surface area contributed by atoms with Gasteiger partial charge in [-0.25, -0.2) is 0 Å². The van der Waals surface area contributed by atoms with E-state index in [1.165, 1.54) is 5.57 Å². The predicted octanol–water partition coefficient (Wildman–Crippen LogP) is 4.99. The summed E-state index contributed by atoms with van der Waals surface area (Å²) in [4.78, 5) is 11.8. The summed E-state index contributed by atoms with van der Waals surface area (Å²) in [6.07, 6.45) is 11.1. The van der Waals surface area contributed by atoms with Crippen LogP contribution in [0.1, 0.15) is 51.9 Å². The van der Waals surface area contributed by atoms with E-state index in [1.807, 2.05) is 6.08 Å². The Morgan fingerprint density at radius 3 is 2.83 bits per heavy atom. The molecule has 2 saturated carbocycles. The molecule has 0 unspecified atom stereocenters. The number of halogens is 2. The van der Waals surface area contributed by atoms with Crippen LogP contribution in [0, 0.1) is 29.1 Å². The van der Waals surface area contributed by atoms with E-state index in [9.17, 15) is 9.90 Å². The average molecular weight is 414 g/mol. The van der Waals surface area contributed by atoms with E-state index in [-0.39, 0.29) is 5.41 Å². The second-order valence-corrected chi connectivity index (χ2v) is 9.51. The predicted molar refractivity (Wildman–Crippen MR) is 100 cm³/mol. The summed E-state index contributed by atoms with van der Waals surface area (Å²) in [6, 6.07) is 0. The number of fused-ring (bicyclic) bond motifs is 5. The van der Waals surface area contributed by atoms with E-state index < -0.39 is 5.60 Å². The molecule has 0 heterocycles. The van der Waals surface area contributed by atoms with Crippen molar-refractivity contribution in [3.05, 3.63) is 22.8 Å². The second-order valence-electron chi connectivity index (χ2n) is 8.54. The van der Waals surface area contributed by atoms with Gasteiger partial charge in [-0.1, -0.05) is 46.1 Å². The molecule has 0 aliphatic heterocycles. The van der Waals surface area contributed by atoms with Gasteiger partial charge in [0.2, 0.25) is 0 Å². The smallest absolute Gasteiger partial charge is 0.155 e. The number of hydrogen-bond acceptors (Lipinski definition) is 2. The normalized spacial score (nSPS) is 47.9. The van der Waals surface area contributed by atoms with Crippen molar-refractivity contribution in [3.63, 3.8) is 0 Å². The number of hydrogen-bond donors (Lipinski definition) is 1. The molecule has 1 N–H and O–H groups in total. The van der Waals surface area contributed by atoms with Gasteiger partial charge in [-0.15, -0.1) is 0 Å². The summed E-state index contributed by atoms with van der Waals surface area (Å²) in [5.41, 5.74) is 0.312. The van der Waals surface area contributed by atoms with Gasteiger partial charge in [0.05, 0.1) is 0 Å². The van der Waals surface area contributed by atoms with E-state index >= 15 is 0 Å². The third-order valence-electron chi connectivity index (χ3n) is 7.77. The Kier molecular flexibility index (Phi) is 4.29. The summed E-state index contributed by atoms with van der Waals surface area (Å²) >= 11 is 10.0. The Labute approximate surface area is 157 Å². The lowest BCUT2D eigenvalue weighted by atomic mass is 9.46. The Bertz CT molecular complexity index is 627. The molecule has 4 heteroatoms. The van der Waals surface area contributed by atoms with Gasteiger partial charge in [-0.05, 0) is 68.3 Å². The summed E-state index contributed by atoms with van der Waals surface area (Å²) < 4.78 is 0. The molecule has 0 saturated heterocycles. The molecule has 0 radical (unpaired) electrons. The molecule has 2 fully saturated rings.